The van der Waals surface area contributed by atoms with Crippen molar-refractivity contribution in [2.75, 3.05) is 6.54 Å². The van der Waals surface area contributed by atoms with E-state index in [0.29, 0.717) is 6.54 Å². The van der Waals surface area contributed by atoms with Crippen LogP contribution in [-0.4, -0.2) is 20.4 Å². The number of sulfone groups is 1. The SMILES string of the molecule is C=CS(=O)(=O)C(C)ONCC. The van der Waals surface area contributed by atoms with Gasteiger partial charge in [0.2, 0.25) is 0 Å². The molecule has 1 unspecified atom stereocenters. The molecule has 1 N–H and O–H groups in total. The van der Waals surface area contributed by atoms with Crippen molar-refractivity contribution in [3.63, 3.8) is 0 Å². The summed E-state index contributed by atoms with van der Waals surface area (Å²) in [4.78, 5) is 4.74. The van der Waals surface area contributed by atoms with Crippen LogP contribution >= 0.6 is 0 Å². The second-order valence-corrected chi connectivity index (χ2v) is 4.11. The Kier molecular flexibility index (Phi) is 4.32. The van der Waals surface area contributed by atoms with Gasteiger partial charge in [-0.1, -0.05) is 13.5 Å². The first-order valence-electron chi connectivity index (χ1n) is 3.29. The summed E-state index contributed by atoms with van der Waals surface area (Å²) in [5, 5.41) is 0.884. The summed E-state index contributed by atoms with van der Waals surface area (Å²) < 4.78 is 21.8. The molecule has 4 nitrogen and oxygen atoms in total. The third-order valence-electron chi connectivity index (χ3n) is 1.09. The van der Waals surface area contributed by atoms with Crippen LogP contribution in [0, 0.1) is 0 Å². The van der Waals surface area contributed by atoms with Gasteiger partial charge in [0.25, 0.3) is 0 Å². The highest BCUT2D eigenvalue weighted by molar-refractivity contribution is 7.94. The molecule has 0 bridgehead atoms. The zero-order valence-electron chi connectivity index (χ0n) is 6.70. The van der Waals surface area contributed by atoms with Crippen LogP contribution in [0.5, 0.6) is 0 Å². The van der Waals surface area contributed by atoms with E-state index < -0.39 is 15.3 Å². The van der Waals surface area contributed by atoms with Gasteiger partial charge in [0.1, 0.15) is 0 Å². The van der Waals surface area contributed by atoms with E-state index in [1.165, 1.54) is 6.92 Å². The zero-order valence-corrected chi connectivity index (χ0v) is 7.52. The Balaban J connectivity index is 4.03. The average Bonchev–Trinajstić information content (AvgIpc) is 2.00. The molecule has 0 spiro atoms. The summed E-state index contributed by atoms with van der Waals surface area (Å²) in [6.07, 6.45) is 0. The van der Waals surface area contributed by atoms with Crippen molar-refractivity contribution in [2.24, 2.45) is 0 Å². The minimum Gasteiger partial charge on any atom is -0.282 e. The fourth-order valence-electron chi connectivity index (χ4n) is 0.403. The Hall–Kier alpha value is -0.390. The number of hydrogen-bond donors (Lipinski definition) is 1. The molecule has 0 fully saturated rings. The Morgan fingerprint density at radius 3 is 2.64 bits per heavy atom. The highest BCUT2D eigenvalue weighted by atomic mass is 32.2. The molecule has 1 atom stereocenters. The van der Waals surface area contributed by atoms with Crippen LogP contribution in [-0.2, 0) is 14.7 Å². The monoisotopic (exact) mass is 179 g/mol. The van der Waals surface area contributed by atoms with Gasteiger partial charge < -0.3 is 0 Å². The molecule has 0 aliphatic rings. The lowest BCUT2D eigenvalue weighted by atomic mass is 10.8. The molecule has 0 heterocycles. The molecule has 5 heteroatoms. The molecular weight excluding hydrogens is 166 g/mol. The summed E-state index contributed by atoms with van der Waals surface area (Å²) >= 11 is 0. The fourth-order valence-corrected chi connectivity index (χ4v) is 0.876. The van der Waals surface area contributed by atoms with Crippen LogP contribution in [0.4, 0.5) is 0 Å². The molecule has 0 saturated carbocycles. The fraction of sp³-hybridized carbons (Fsp3) is 0.667. The highest BCUT2D eigenvalue weighted by Crippen LogP contribution is 2.01. The lowest BCUT2D eigenvalue weighted by Gasteiger charge is -2.09. The Bertz CT molecular complexity index is 210. The Morgan fingerprint density at radius 1 is 1.73 bits per heavy atom. The average molecular weight is 179 g/mol. The molecule has 0 aromatic heterocycles. The topological polar surface area (TPSA) is 55.4 Å². The standard InChI is InChI=1S/C6H13NO3S/c1-4-7-10-6(3)11(8,9)5-2/h5-7H,2,4H2,1,3H3. The molecule has 11 heavy (non-hydrogen) atoms. The maximum Gasteiger partial charge on any atom is 0.199 e. The predicted octanol–water partition coefficient (Wildman–Crippen LogP) is 0.432. The highest BCUT2D eigenvalue weighted by Gasteiger charge is 2.16. The summed E-state index contributed by atoms with van der Waals surface area (Å²) in [7, 11) is -3.29. The van der Waals surface area contributed by atoms with Crippen molar-refractivity contribution < 1.29 is 13.3 Å². The van der Waals surface area contributed by atoms with Crippen LogP contribution in [0.3, 0.4) is 0 Å². The number of rotatable bonds is 5. The molecule has 0 rings (SSSR count). The van der Waals surface area contributed by atoms with E-state index in [-0.39, 0.29) is 0 Å². The lowest BCUT2D eigenvalue weighted by molar-refractivity contribution is 0.0303. The van der Waals surface area contributed by atoms with Gasteiger partial charge in [-0.3, -0.25) is 4.84 Å². The second-order valence-electron chi connectivity index (χ2n) is 1.94. The molecule has 66 valence electrons. The van der Waals surface area contributed by atoms with Crippen LogP contribution in [0.15, 0.2) is 12.0 Å². The minimum atomic E-state index is -3.29. The molecule has 0 aromatic carbocycles. The Morgan fingerprint density at radius 2 is 2.27 bits per heavy atom. The third kappa shape index (κ3) is 3.50. The maximum absolute atomic E-state index is 10.9. The van der Waals surface area contributed by atoms with Gasteiger partial charge in [-0.05, 0) is 6.92 Å². The first kappa shape index (κ1) is 10.6. The zero-order chi connectivity index (χ0) is 8.91. The third-order valence-corrected chi connectivity index (χ3v) is 2.57. The van der Waals surface area contributed by atoms with Crippen molar-refractivity contribution in [3.8, 4) is 0 Å². The minimum absolute atomic E-state index is 0.566. The number of hydrogen-bond acceptors (Lipinski definition) is 4. The van der Waals surface area contributed by atoms with Crippen molar-refractivity contribution in [1.29, 1.82) is 0 Å². The van der Waals surface area contributed by atoms with Gasteiger partial charge in [-0.15, -0.1) is 0 Å². The van der Waals surface area contributed by atoms with E-state index in [1.807, 2.05) is 6.92 Å². The summed E-state index contributed by atoms with van der Waals surface area (Å²) in [6, 6.07) is 0. The van der Waals surface area contributed by atoms with Gasteiger partial charge >= 0.3 is 0 Å². The second kappa shape index (κ2) is 4.48. The molecule has 0 aromatic rings. The summed E-state index contributed by atoms with van der Waals surface area (Å²) in [5.74, 6) is 0. The van der Waals surface area contributed by atoms with Gasteiger partial charge in [-0.2, -0.15) is 0 Å². The van der Waals surface area contributed by atoms with Gasteiger partial charge in [0.15, 0.2) is 15.3 Å². The maximum atomic E-state index is 10.9. The largest absolute Gasteiger partial charge is 0.282 e. The summed E-state index contributed by atoms with van der Waals surface area (Å²) in [6.45, 7) is 6.99. The van der Waals surface area contributed by atoms with Gasteiger partial charge in [0.05, 0.1) is 0 Å². The van der Waals surface area contributed by atoms with E-state index >= 15 is 0 Å². The van der Waals surface area contributed by atoms with Gasteiger partial charge in [0, 0.05) is 12.0 Å². The van der Waals surface area contributed by atoms with E-state index in [9.17, 15) is 8.42 Å². The van der Waals surface area contributed by atoms with Crippen molar-refractivity contribution in [3.05, 3.63) is 12.0 Å². The molecule has 0 radical (unpaired) electrons. The molecule has 0 aliphatic heterocycles. The number of nitrogens with one attached hydrogen (secondary N) is 1. The van der Waals surface area contributed by atoms with E-state index in [2.05, 4.69) is 12.1 Å². The first-order chi connectivity index (χ1) is 5.04. The molecule has 0 saturated heterocycles. The van der Waals surface area contributed by atoms with Crippen LogP contribution in [0.2, 0.25) is 0 Å². The van der Waals surface area contributed by atoms with Gasteiger partial charge in [-0.25, -0.2) is 13.9 Å². The van der Waals surface area contributed by atoms with Crippen LogP contribution in [0.25, 0.3) is 0 Å². The number of hydroxylamine groups is 1. The van der Waals surface area contributed by atoms with Crippen molar-refractivity contribution in [2.45, 2.75) is 19.3 Å². The molecule has 0 amide bonds. The molecule has 0 aliphatic carbocycles. The van der Waals surface area contributed by atoms with Crippen LogP contribution in [0.1, 0.15) is 13.8 Å². The molecular formula is C6H13NO3S. The van der Waals surface area contributed by atoms with Crippen molar-refractivity contribution >= 4 is 9.84 Å². The van der Waals surface area contributed by atoms with E-state index in [0.717, 1.165) is 5.41 Å². The van der Waals surface area contributed by atoms with E-state index in [4.69, 9.17) is 4.84 Å². The first-order valence-corrected chi connectivity index (χ1v) is 4.90. The smallest absolute Gasteiger partial charge is 0.199 e. The Labute approximate surface area is 67.1 Å². The lowest BCUT2D eigenvalue weighted by Crippen LogP contribution is -2.26. The quantitative estimate of drug-likeness (QED) is 0.622. The van der Waals surface area contributed by atoms with E-state index in [1.54, 1.807) is 0 Å². The van der Waals surface area contributed by atoms with Crippen LogP contribution < -0.4 is 5.48 Å². The summed E-state index contributed by atoms with van der Waals surface area (Å²) in [5.41, 5.74) is 1.59. The normalized spacial score (nSPS) is 14.4. The van der Waals surface area contributed by atoms with Crippen molar-refractivity contribution in [1.82, 2.24) is 5.48 Å². The predicted molar refractivity (Wildman–Crippen MR) is 43.3 cm³/mol.